The summed E-state index contributed by atoms with van der Waals surface area (Å²) in [5.41, 5.74) is 0.417. The van der Waals surface area contributed by atoms with Crippen LogP contribution in [0.4, 0.5) is 0 Å². The summed E-state index contributed by atoms with van der Waals surface area (Å²) in [5, 5.41) is 3.14. The Labute approximate surface area is 162 Å². The van der Waals surface area contributed by atoms with Crippen molar-refractivity contribution in [3.8, 4) is 0 Å². The molecule has 1 amide bonds. The number of rotatable bonds is 5. The maximum Gasteiger partial charge on any atom is 0.268 e. The maximum absolute atomic E-state index is 12.9. The quantitative estimate of drug-likeness (QED) is 0.836. The normalized spacial score (nSPS) is 29.8. The number of amides is 1. The molecule has 1 saturated heterocycles. The van der Waals surface area contributed by atoms with Gasteiger partial charge in [-0.05, 0) is 62.8 Å². The van der Waals surface area contributed by atoms with Gasteiger partial charge in [-0.15, -0.1) is 0 Å². The molecule has 3 fully saturated rings. The predicted octanol–water partition coefficient (Wildman–Crippen LogP) is 2.75. The third-order valence-corrected chi connectivity index (χ3v) is 8.82. The predicted molar refractivity (Wildman–Crippen MR) is 104 cm³/mol. The first-order valence-corrected chi connectivity index (χ1v) is 11.8. The fourth-order valence-corrected chi connectivity index (χ4v) is 7.04. The van der Waals surface area contributed by atoms with Gasteiger partial charge in [-0.25, -0.2) is 8.42 Å². The lowest BCUT2D eigenvalue weighted by Gasteiger charge is -2.28. The number of nitrogens with one attached hydrogen (secondary N) is 1. The highest BCUT2D eigenvalue weighted by Gasteiger charge is 2.42. The molecule has 3 aliphatic rings. The Morgan fingerprint density at radius 3 is 2.56 bits per heavy atom. The lowest BCUT2D eigenvalue weighted by atomic mass is 9.84. The van der Waals surface area contributed by atoms with Gasteiger partial charge in [0.25, 0.3) is 5.91 Å². The molecule has 2 heterocycles. The average molecular weight is 394 g/mol. The summed E-state index contributed by atoms with van der Waals surface area (Å²) < 4.78 is 28.9. The van der Waals surface area contributed by atoms with Crippen molar-refractivity contribution >= 4 is 15.9 Å². The summed E-state index contributed by atoms with van der Waals surface area (Å²) in [4.78, 5) is 13.0. The molecule has 0 aromatic carbocycles. The summed E-state index contributed by atoms with van der Waals surface area (Å²) in [5.74, 6) is 1.97. The van der Waals surface area contributed by atoms with E-state index in [-0.39, 0.29) is 16.8 Å². The van der Waals surface area contributed by atoms with Gasteiger partial charge in [0.2, 0.25) is 10.0 Å². The molecule has 1 N–H and O–H groups in total. The van der Waals surface area contributed by atoms with Crippen LogP contribution in [-0.4, -0.2) is 42.3 Å². The molecule has 150 valence electrons. The molecule has 2 bridgehead atoms. The van der Waals surface area contributed by atoms with Gasteiger partial charge in [0.1, 0.15) is 10.6 Å². The van der Waals surface area contributed by atoms with Crippen LogP contribution < -0.4 is 5.32 Å². The largest absolute Gasteiger partial charge is 0.348 e. The molecular formula is C20H31N3O3S. The molecule has 7 heteroatoms. The highest BCUT2D eigenvalue weighted by atomic mass is 32.2. The first-order valence-electron chi connectivity index (χ1n) is 10.3. The number of nitrogens with zero attached hydrogens (tertiary/aromatic N) is 2. The van der Waals surface area contributed by atoms with Gasteiger partial charge in [-0.1, -0.05) is 12.8 Å². The van der Waals surface area contributed by atoms with E-state index in [1.807, 2.05) is 0 Å². The molecule has 1 aromatic rings. The van der Waals surface area contributed by atoms with Crippen LogP contribution in [0.25, 0.3) is 0 Å². The Hall–Kier alpha value is -1.34. The topological polar surface area (TPSA) is 71.4 Å². The third-order valence-electron chi connectivity index (χ3n) is 6.96. The molecule has 0 spiro atoms. The average Bonchev–Trinajstić information content (AvgIpc) is 3.37. The van der Waals surface area contributed by atoms with Crippen LogP contribution in [0, 0.1) is 17.8 Å². The van der Waals surface area contributed by atoms with Crippen molar-refractivity contribution in [2.45, 2.75) is 62.8 Å². The van der Waals surface area contributed by atoms with Gasteiger partial charge in [-0.3, -0.25) is 4.79 Å². The van der Waals surface area contributed by atoms with Crippen molar-refractivity contribution in [2.24, 2.45) is 24.8 Å². The maximum atomic E-state index is 12.9. The first-order chi connectivity index (χ1) is 12.9. The molecule has 2 saturated carbocycles. The molecule has 27 heavy (non-hydrogen) atoms. The number of piperidine rings is 1. The standard InChI is InChI=1S/C20H31N3O3S/c1-14(18-11-15-6-7-16(18)10-15)21-20(24)19-12-17(13-22(19)2)27(25,26)23-8-4-3-5-9-23/h12-16,18H,3-11H2,1-2H3,(H,21,24). The fraction of sp³-hybridized carbons (Fsp3) is 0.750. The van der Waals surface area contributed by atoms with Gasteiger partial charge in [0.05, 0.1) is 0 Å². The van der Waals surface area contributed by atoms with E-state index in [0.717, 1.165) is 31.1 Å². The minimum Gasteiger partial charge on any atom is -0.348 e. The van der Waals surface area contributed by atoms with Gasteiger partial charge >= 0.3 is 0 Å². The Morgan fingerprint density at radius 2 is 1.93 bits per heavy atom. The number of aromatic nitrogens is 1. The van der Waals surface area contributed by atoms with E-state index in [2.05, 4.69) is 12.2 Å². The van der Waals surface area contributed by atoms with Crippen molar-refractivity contribution in [1.82, 2.24) is 14.2 Å². The number of hydrogen-bond acceptors (Lipinski definition) is 3. The molecule has 1 aromatic heterocycles. The van der Waals surface area contributed by atoms with Crippen molar-refractivity contribution in [3.63, 3.8) is 0 Å². The third kappa shape index (κ3) is 3.56. The van der Waals surface area contributed by atoms with Crippen LogP contribution in [0.5, 0.6) is 0 Å². The lowest BCUT2D eigenvalue weighted by Crippen LogP contribution is -2.40. The Balaban J connectivity index is 1.46. The van der Waals surface area contributed by atoms with E-state index >= 15 is 0 Å². The highest BCUT2D eigenvalue weighted by molar-refractivity contribution is 7.89. The van der Waals surface area contributed by atoms with Crippen molar-refractivity contribution in [2.75, 3.05) is 13.1 Å². The van der Waals surface area contributed by atoms with Gasteiger partial charge in [-0.2, -0.15) is 4.31 Å². The van der Waals surface area contributed by atoms with Crippen LogP contribution in [-0.2, 0) is 17.1 Å². The molecular weight excluding hydrogens is 362 g/mol. The number of sulfonamides is 1. The van der Waals surface area contributed by atoms with Crippen molar-refractivity contribution in [1.29, 1.82) is 0 Å². The Morgan fingerprint density at radius 1 is 1.19 bits per heavy atom. The Bertz CT molecular complexity index is 810. The van der Waals surface area contributed by atoms with Gasteiger partial charge < -0.3 is 9.88 Å². The summed E-state index contributed by atoms with van der Waals surface area (Å²) in [6.07, 6.45) is 9.62. The molecule has 4 unspecified atom stereocenters. The van der Waals surface area contributed by atoms with E-state index < -0.39 is 10.0 Å². The molecule has 2 aliphatic carbocycles. The zero-order valence-corrected chi connectivity index (χ0v) is 17.2. The number of aryl methyl sites for hydroxylation is 1. The van der Waals surface area contributed by atoms with E-state index in [4.69, 9.17) is 0 Å². The zero-order chi connectivity index (χ0) is 19.2. The fourth-order valence-electron chi connectivity index (χ4n) is 5.45. The van der Waals surface area contributed by atoms with E-state index in [0.29, 0.717) is 24.7 Å². The zero-order valence-electron chi connectivity index (χ0n) is 16.4. The van der Waals surface area contributed by atoms with Crippen LogP contribution >= 0.6 is 0 Å². The minimum atomic E-state index is -3.52. The second-order valence-electron chi connectivity index (χ2n) is 8.74. The second-order valence-corrected chi connectivity index (χ2v) is 10.7. The van der Waals surface area contributed by atoms with Gasteiger partial charge in [0.15, 0.2) is 0 Å². The van der Waals surface area contributed by atoms with Crippen LogP contribution in [0.2, 0.25) is 0 Å². The number of fused-ring (bicyclic) bond motifs is 2. The summed E-state index contributed by atoms with van der Waals surface area (Å²) in [6.45, 7) is 3.23. The molecule has 4 atom stereocenters. The smallest absolute Gasteiger partial charge is 0.268 e. The SMILES string of the molecule is CC(NC(=O)c1cc(S(=O)(=O)N2CCCCC2)cn1C)C1CC2CCC1C2. The second kappa shape index (κ2) is 7.24. The molecule has 0 radical (unpaired) electrons. The summed E-state index contributed by atoms with van der Waals surface area (Å²) in [7, 11) is -1.77. The number of hydrogen-bond donors (Lipinski definition) is 1. The molecule has 1 aliphatic heterocycles. The first kappa shape index (κ1) is 19.0. The molecule has 6 nitrogen and oxygen atoms in total. The molecule has 4 rings (SSSR count). The number of carbonyl (C=O) groups is 1. The summed E-state index contributed by atoms with van der Waals surface area (Å²) >= 11 is 0. The highest BCUT2D eigenvalue weighted by Crippen LogP contribution is 2.49. The minimum absolute atomic E-state index is 0.129. The van der Waals surface area contributed by atoms with Crippen LogP contribution in [0.15, 0.2) is 17.2 Å². The van der Waals surface area contributed by atoms with E-state index in [9.17, 15) is 13.2 Å². The van der Waals surface area contributed by atoms with E-state index in [1.54, 1.807) is 22.1 Å². The van der Waals surface area contributed by atoms with Gasteiger partial charge in [0, 0.05) is 32.4 Å². The van der Waals surface area contributed by atoms with Crippen molar-refractivity contribution in [3.05, 3.63) is 18.0 Å². The lowest BCUT2D eigenvalue weighted by molar-refractivity contribution is 0.0907. The van der Waals surface area contributed by atoms with Crippen molar-refractivity contribution < 1.29 is 13.2 Å². The van der Waals surface area contributed by atoms with E-state index in [1.165, 1.54) is 31.7 Å². The Kier molecular flexibility index (Phi) is 5.10. The van der Waals surface area contributed by atoms with Crippen LogP contribution in [0.1, 0.15) is 62.4 Å². The monoisotopic (exact) mass is 393 g/mol. The summed E-state index contributed by atoms with van der Waals surface area (Å²) in [6, 6.07) is 1.66. The number of carbonyl (C=O) groups excluding carboxylic acids is 1. The van der Waals surface area contributed by atoms with Crippen LogP contribution in [0.3, 0.4) is 0 Å².